The number of ether oxygens (including phenoxy) is 1. The van der Waals surface area contributed by atoms with Gasteiger partial charge in [0, 0.05) is 19.3 Å². The highest BCUT2D eigenvalue weighted by Gasteiger charge is 2.26. The predicted molar refractivity (Wildman–Crippen MR) is 129 cm³/mol. The van der Waals surface area contributed by atoms with Gasteiger partial charge in [0.25, 0.3) is 0 Å². The summed E-state index contributed by atoms with van der Waals surface area (Å²) in [5, 5.41) is 0. The number of nitrogens with zero attached hydrogens (tertiary/aromatic N) is 3. The highest BCUT2D eigenvalue weighted by molar-refractivity contribution is 7.89. The smallest absolute Gasteiger partial charge is 0.243 e. The van der Waals surface area contributed by atoms with Crippen LogP contribution >= 0.6 is 0 Å². The second-order valence-corrected chi connectivity index (χ2v) is 11.8. The van der Waals surface area contributed by atoms with Gasteiger partial charge in [0.15, 0.2) is 10.0 Å². The van der Waals surface area contributed by atoms with Crippen molar-refractivity contribution >= 4 is 20.0 Å². The first-order valence-electron chi connectivity index (χ1n) is 11.1. The standard InChI is InChI=1S/C24H26FN3O5S2/c25-20-8-6-19(7-9-20)17-28(18-21-4-1-2-14-26-21)35(31,32)24-12-10-23(11-13-24)34(29,30)27-16-22-5-3-15-33-22/h1-2,4,6-14,22H,3,5,15-18H2,(H,27,29,30)/t22-/m1/s1. The largest absolute Gasteiger partial charge is 0.376 e. The van der Waals surface area contributed by atoms with Gasteiger partial charge in [-0.25, -0.2) is 21.4 Å². The number of benzene rings is 2. The van der Waals surface area contributed by atoms with Crippen LogP contribution in [-0.4, -0.2) is 45.7 Å². The minimum Gasteiger partial charge on any atom is -0.376 e. The van der Waals surface area contributed by atoms with Crippen LogP contribution < -0.4 is 0 Å². The summed E-state index contributed by atoms with van der Waals surface area (Å²) in [5.41, 5.74) is 1.15. The molecule has 2 heterocycles. The van der Waals surface area contributed by atoms with Crippen molar-refractivity contribution in [2.75, 3.05) is 13.2 Å². The first-order chi connectivity index (χ1) is 16.7. The van der Waals surface area contributed by atoms with Crippen molar-refractivity contribution in [2.45, 2.75) is 41.8 Å². The molecule has 1 N–H and O–H groups in total. The zero-order chi connectivity index (χ0) is 24.9. The van der Waals surface area contributed by atoms with Crippen LogP contribution in [0.1, 0.15) is 24.1 Å². The average molecular weight is 520 g/mol. The highest BCUT2D eigenvalue weighted by Crippen LogP contribution is 2.23. The van der Waals surface area contributed by atoms with E-state index in [0.29, 0.717) is 17.9 Å². The Morgan fingerprint density at radius 3 is 2.34 bits per heavy atom. The molecule has 4 rings (SSSR count). The summed E-state index contributed by atoms with van der Waals surface area (Å²) in [6.45, 7) is 0.710. The summed E-state index contributed by atoms with van der Waals surface area (Å²) < 4.78 is 74.0. The summed E-state index contributed by atoms with van der Waals surface area (Å²) in [4.78, 5) is 4.19. The lowest BCUT2D eigenvalue weighted by molar-refractivity contribution is 0.118. The molecule has 0 saturated carbocycles. The van der Waals surface area contributed by atoms with Gasteiger partial charge in [-0.3, -0.25) is 9.54 Å². The van der Waals surface area contributed by atoms with Gasteiger partial charge in [-0.2, -0.15) is 4.31 Å². The molecular weight excluding hydrogens is 493 g/mol. The molecular formula is C24H26FN3O5S2. The minimum atomic E-state index is -4.02. The summed E-state index contributed by atoms with van der Waals surface area (Å²) in [5.74, 6) is -0.416. The van der Waals surface area contributed by atoms with E-state index in [2.05, 4.69) is 9.35 Å². The Hall–Kier alpha value is -2.70. The molecule has 0 bridgehead atoms. The molecule has 8 nitrogen and oxygen atoms in total. The van der Waals surface area contributed by atoms with E-state index >= 15 is 0 Å². The van der Waals surface area contributed by atoms with Gasteiger partial charge >= 0.3 is 0 Å². The molecule has 186 valence electrons. The average Bonchev–Trinajstić information content (AvgIpc) is 3.38. The van der Waals surface area contributed by atoms with Gasteiger partial charge in [-0.15, -0.1) is 0 Å². The summed E-state index contributed by atoms with van der Waals surface area (Å²) in [6.07, 6.45) is 3.09. The number of halogens is 1. The van der Waals surface area contributed by atoms with Gasteiger partial charge in [-0.05, 0) is 66.9 Å². The molecule has 35 heavy (non-hydrogen) atoms. The van der Waals surface area contributed by atoms with Crippen molar-refractivity contribution < 1.29 is 26.3 Å². The molecule has 1 aliphatic rings. The highest BCUT2D eigenvalue weighted by atomic mass is 32.2. The molecule has 11 heteroatoms. The number of hydrogen-bond donors (Lipinski definition) is 1. The Balaban J connectivity index is 1.59. The Bertz CT molecular complexity index is 1350. The van der Waals surface area contributed by atoms with Crippen molar-refractivity contribution in [1.29, 1.82) is 0 Å². The van der Waals surface area contributed by atoms with E-state index in [1.165, 1.54) is 52.8 Å². The van der Waals surface area contributed by atoms with Gasteiger partial charge in [0.05, 0.1) is 34.7 Å². The zero-order valence-electron chi connectivity index (χ0n) is 18.9. The predicted octanol–water partition coefficient (Wildman–Crippen LogP) is 4.09. The third-order valence-corrected chi connectivity index (χ3v) is 8.77. The van der Waals surface area contributed by atoms with Crippen molar-refractivity contribution in [3.8, 4) is 0 Å². The lowest BCUT2D eigenvalue weighted by atomic mass is 10.2. The van der Waals surface area contributed by atoms with E-state index in [1.54, 1.807) is 24.4 Å². The third-order valence-electron chi connectivity index (χ3n) is 5.58. The summed E-state index contributed by atoms with van der Waals surface area (Å²) in [6, 6.07) is 16.0. The quantitative estimate of drug-likeness (QED) is 0.456. The Morgan fingerprint density at radius 2 is 1.71 bits per heavy atom. The molecule has 2 aromatic carbocycles. The molecule has 0 spiro atoms. The van der Waals surface area contributed by atoms with Gasteiger partial charge in [-0.1, -0.05) is 18.2 Å². The maximum absolute atomic E-state index is 13.5. The van der Waals surface area contributed by atoms with Gasteiger partial charge in [0.1, 0.15) is 5.82 Å². The molecule has 2 atom stereocenters. The maximum atomic E-state index is 13.5. The molecule has 1 aromatic heterocycles. The van der Waals surface area contributed by atoms with Gasteiger partial charge in [0.2, 0.25) is 10.0 Å². The number of aromatic nitrogens is 1. The van der Waals surface area contributed by atoms with Gasteiger partial charge < -0.3 is 4.74 Å². The van der Waals surface area contributed by atoms with Crippen molar-refractivity contribution in [2.24, 2.45) is 4.36 Å². The fraction of sp³-hybridized carbons (Fsp3) is 0.292. The Kier molecular flexibility index (Phi) is 7.92. The number of rotatable bonds is 9. The van der Waals surface area contributed by atoms with Crippen LogP contribution in [0.4, 0.5) is 4.39 Å². The third kappa shape index (κ3) is 6.50. The second kappa shape index (κ2) is 10.9. The van der Waals surface area contributed by atoms with Crippen LogP contribution in [0.5, 0.6) is 0 Å². The molecule has 1 unspecified atom stereocenters. The molecule has 1 aliphatic heterocycles. The number of hydrogen-bond acceptors (Lipinski definition) is 6. The normalized spacial score (nSPS) is 17.9. The van der Waals surface area contributed by atoms with E-state index in [-0.39, 0.29) is 35.5 Å². The first-order valence-corrected chi connectivity index (χ1v) is 14.0. The fourth-order valence-corrected chi connectivity index (χ4v) is 6.08. The van der Waals surface area contributed by atoms with Crippen LogP contribution in [0.15, 0.2) is 87.1 Å². The first kappa shape index (κ1) is 25.4. The van der Waals surface area contributed by atoms with Crippen LogP contribution in [0.3, 0.4) is 0 Å². The Labute approximate surface area is 204 Å². The topological polar surface area (TPSA) is 109 Å². The van der Waals surface area contributed by atoms with E-state index < -0.39 is 25.9 Å². The SMILES string of the molecule is O=S(=O)(c1ccc(S(=O)(O)=NC[C@H]2CCCO2)cc1)N(Cc1ccc(F)cc1)Cc1ccccn1. The Morgan fingerprint density at radius 1 is 1.00 bits per heavy atom. The maximum Gasteiger partial charge on any atom is 0.243 e. The molecule has 0 amide bonds. The van der Waals surface area contributed by atoms with E-state index in [1.807, 2.05) is 0 Å². The summed E-state index contributed by atoms with van der Waals surface area (Å²) in [7, 11) is -7.71. The van der Waals surface area contributed by atoms with E-state index in [0.717, 1.165) is 12.8 Å². The molecule has 1 fully saturated rings. The van der Waals surface area contributed by atoms with Crippen molar-refractivity contribution in [1.82, 2.24) is 9.29 Å². The molecule has 0 radical (unpaired) electrons. The lowest BCUT2D eigenvalue weighted by Gasteiger charge is -2.22. The number of sulfonamides is 1. The molecule has 0 aliphatic carbocycles. The monoisotopic (exact) mass is 519 g/mol. The van der Waals surface area contributed by atoms with E-state index in [4.69, 9.17) is 4.74 Å². The van der Waals surface area contributed by atoms with Crippen molar-refractivity contribution in [3.63, 3.8) is 0 Å². The minimum absolute atomic E-state index is 0.00420. The van der Waals surface area contributed by atoms with E-state index in [9.17, 15) is 21.6 Å². The van der Waals surface area contributed by atoms with Crippen LogP contribution in [-0.2, 0) is 37.9 Å². The van der Waals surface area contributed by atoms with Crippen LogP contribution in [0.25, 0.3) is 0 Å². The van der Waals surface area contributed by atoms with Crippen LogP contribution in [0.2, 0.25) is 0 Å². The lowest BCUT2D eigenvalue weighted by Crippen LogP contribution is -2.30. The summed E-state index contributed by atoms with van der Waals surface area (Å²) >= 11 is 0. The zero-order valence-corrected chi connectivity index (χ0v) is 20.5. The fourth-order valence-electron chi connectivity index (χ4n) is 3.68. The molecule has 1 saturated heterocycles. The number of pyridine rings is 1. The second-order valence-electron chi connectivity index (χ2n) is 8.14. The molecule has 3 aromatic rings. The van der Waals surface area contributed by atoms with Crippen LogP contribution in [0, 0.1) is 5.82 Å². The van der Waals surface area contributed by atoms with Crippen molar-refractivity contribution in [3.05, 3.63) is 90.0 Å².